The molecule has 5 heteroatoms. The molecule has 0 fully saturated rings. The molecule has 0 aromatic heterocycles. The van der Waals surface area contributed by atoms with Crippen LogP contribution >= 0.6 is 11.6 Å². The van der Waals surface area contributed by atoms with Crippen LogP contribution in [-0.2, 0) is 4.79 Å². The van der Waals surface area contributed by atoms with Crippen molar-refractivity contribution in [2.24, 2.45) is 0 Å². The van der Waals surface area contributed by atoms with Crippen LogP contribution in [0.15, 0.2) is 18.2 Å². The second kappa shape index (κ2) is 5.51. The van der Waals surface area contributed by atoms with Crippen molar-refractivity contribution in [3.63, 3.8) is 0 Å². The standard InChI is InChI=1S/C11H12ClNO3/c1-7(11(15)13-2)16-10-8(6-14)4-3-5-9(10)12/h3-7H,1-2H3,(H,13,15). The highest BCUT2D eigenvalue weighted by Crippen LogP contribution is 2.28. The maximum Gasteiger partial charge on any atom is 0.260 e. The molecule has 0 aliphatic heterocycles. The van der Waals surface area contributed by atoms with Crippen LogP contribution in [0.2, 0.25) is 5.02 Å². The Morgan fingerprint density at radius 1 is 1.56 bits per heavy atom. The van der Waals surface area contributed by atoms with Crippen molar-refractivity contribution < 1.29 is 14.3 Å². The monoisotopic (exact) mass is 241 g/mol. The number of carbonyl (C=O) groups excluding carboxylic acids is 2. The summed E-state index contributed by atoms with van der Waals surface area (Å²) in [6.45, 7) is 1.58. The Bertz CT molecular complexity index is 406. The molecule has 1 atom stereocenters. The van der Waals surface area contributed by atoms with Crippen LogP contribution < -0.4 is 10.1 Å². The summed E-state index contributed by atoms with van der Waals surface area (Å²) in [5.74, 6) is -0.0490. The number of hydrogen-bond acceptors (Lipinski definition) is 3. The van der Waals surface area contributed by atoms with Gasteiger partial charge in [-0.05, 0) is 19.1 Å². The van der Waals surface area contributed by atoms with Gasteiger partial charge in [-0.25, -0.2) is 0 Å². The van der Waals surface area contributed by atoms with Crippen LogP contribution in [0, 0.1) is 0 Å². The topological polar surface area (TPSA) is 55.4 Å². The SMILES string of the molecule is CNC(=O)C(C)Oc1c(Cl)cccc1C=O. The normalized spacial score (nSPS) is 11.7. The zero-order valence-corrected chi connectivity index (χ0v) is 9.75. The highest BCUT2D eigenvalue weighted by Gasteiger charge is 2.16. The lowest BCUT2D eigenvalue weighted by atomic mass is 10.2. The number of hydrogen-bond donors (Lipinski definition) is 1. The summed E-state index contributed by atoms with van der Waals surface area (Å²) in [6, 6.07) is 4.81. The molecule has 0 aliphatic carbocycles. The minimum Gasteiger partial charge on any atom is -0.479 e. The molecule has 0 spiro atoms. The molecule has 0 radical (unpaired) electrons. The number of amides is 1. The van der Waals surface area contributed by atoms with E-state index in [9.17, 15) is 9.59 Å². The Morgan fingerprint density at radius 3 is 2.81 bits per heavy atom. The number of likely N-dealkylation sites (N-methyl/N-ethyl adjacent to an activating group) is 1. The van der Waals surface area contributed by atoms with Crippen molar-refractivity contribution in [1.82, 2.24) is 5.32 Å². The molecule has 86 valence electrons. The van der Waals surface area contributed by atoms with E-state index in [1.165, 1.54) is 7.05 Å². The van der Waals surface area contributed by atoms with Gasteiger partial charge in [-0.1, -0.05) is 17.7 Å². The fourth-order valence-electron chi connectivity index (χ4n) is 1.18. The van der Waals surface area contributed by atoms with E-state index >= 15 is 0 Å². The van der Waals surface area contributed by atoms with Gasteiger partial charge < -0.3 is 10.1 Å². The largest absolute Gasteiger partial charge is 0.479 e. The Kier molecular flexibility index (Phi) is 4.31. The predicted molar refractivity (Wildman–Crippen MR) is 61.0 cm³/mol. The Balaban J connectivity index is 2.96. The summed E-state index contributed by atoms with van der Waals surface area (Å²) >= 11 is 5.88. The van der Waals surface area contributed by atoms with Crippen molar-refractivity contribution in [2.45, 2.75) is 13.0 Å². The van der Waals surface area contributed by atoms with Crippen molar-refractivity contribution in [3.8, 4) is 5.75 Å². The number of para-hydroxylation sites is 1. The van der Waals surface area contributed by atoms with Gasteiger partial charge in [0, 0.05) is 7.05 Å². The third kappa shape index (κ3) is 2.73. The van der Waals surface area contributed by atoms with Crippen LogP contribution in [-0.4, -0.2) is 25.3 Å². The average molecular weight is 242 g/mol. The molecule has 0 heterocycles. The Labute approximate surface area is 98.5 Å². The van der Waals surface area contributed by atoms with E-state index < -0.39 is 6.10 Å². The van der Waals surface area contributed by atoms with E-state index in [0.29, 0.717) is 16.9 Å². The van der Waals surface area contributed by atoms with Crippen LogP contribution in [0.5, 0.6) is 5.75 Å². The first kappa shape index (κ1) is 12.5. The Hall–Kier alpha value is -1.55. The molecule has 1 unspecified atom stereocenters. The van der Waals surface area contributed by atoms with E-state index in [1.54, 1.807) is 25.1 Å². The van der Waals surface area contributed by atoms with Gasteiger partial charge in [0.1, 0.15) is 5.75 Å². The molecule has 0 saturated heterocycles. The average Bonchev–Trinajstić information content (AvgIpc) is 2.30. The van der Waals surface area contributed by atoms with Gasteiger partial charge in [-0.15, -0.1) is 0 Å². The van der Waals surface area contributed by atoms with Gasteiger partial charge in [-0.3, -0.25) is 9.59 Å². The molecule has 1 amide bonds. The number of carbonyl (C=O) groups is 2. The summed E-state index contributed by atoms with van der Waals surface area (Å²) in [5.41, 5.74) is 0.322. The van der Waals surface area contributed by atoms with Gasteiger partial charge in [0.25, 0.3) is 5.91 Å². The number of benzene rings is 1. The lowest BCUT2D eigenvalue weighted by Crippen LogP contribution is -2.34. The maximum atomic E-state index is 11.3. The summed E-state index contributed by atoms with van der Waals surface area (Å²) in [7, 11) is 1.51. The molecule has 0 aliphatic rings. The highest BCUT2D eigenvalue weighted by molar-refractivity contribution is 6.32. The van der Waals surface area contributed by atoms with Crippen LogP contribution in [0.3, 0.4) is 0 Å². The number of ether oxygens (including phenoxy) is 1. The van der Waals surface area contributed by atoms with Gasteiger partial charge in [0.15, 0.2) is 12.4 Å². The van der Waals surface area contributed by atoms with E-state index in [1.807, 2.05) is 0 Å². The lowest BCUT2D eigenvalue weighted by molar-refractivity contribution is -0.126. The summed E-state index contributed by atoms with van der Waals surface area (Å²) in [6.07, 6.45) is -0.0683. The molecule has 1 aromatic rings. The maximum absolute atomic E-state index is 11.3. The van der Waals surface area contributed by atoms with Gasteiger partial charge in [0.2, 0.25) is 0 Å². The second-order valence-electron chi connectivity index (χ2n) is 3.15. The van der Waals surface area contributed by atoms with Gasteiger partial charge >= 0.3 is 0 Å². The predicted octanol–water partition coefficient (Wildman–Crippen LogP) is 1.67. The number of nitrogens with one attached hydrogen (secondary N) is 1. The minimum absolute atomic E-state index is 0.232. The summed E-state index contributed by atoms with van der Waals surface area (Å²) < 4.78 is 5.34. The van der Waals surface area contributed by atoms with Crippen molar-refractivity contribution in [3.05, 3.63) is 28.8 Å². The first-order valence-electron chi connectivity index (χ1n) is 4.72. The van der Waals surface area contributed by atoms with Crippen LogP contribution in [0.25, 0.3) is 0 Å². The number of rotatable bonds is 4. The molecule has 1 aromatic carbocycles. The Morgan fingerprint density at radius 2 is 2.25 bits per heavy atom. The summed E-state index contributed by atoms with van der Waals surface area (Å²) in [5, 5.41) is 2.75. The zero-order chi connectivity index (χ0) is 12.1. The van der Waals surface area contributed by atoms with Crippen molar-refractivity contribution in [2.75, 3.05) is 7.05 Å². The van der Waals surface area contributed by atoms with Crippen molar-refractivity contribution in [1.29, 1.82) is 0 Å². The van der Waals surface area contributed by atoms with E-state index in [2.05, 4.69) is 5.32 Å². The fraction of sp³-hybridized carbons (Fsp3) is 0.273. The fourth-order valence-corrected chi connectivity index (χ4v) is 1.40. The number of aldehydes is 1. The molecule has 1 rings (SSSR count). The summed E-state index contributed by atoms with van der Waals surface area (Å²) in [4.78, 5) is 22.0. The molecule has 4 nitrogen and oxygen atoms in total. The molecule has 1 N–H and O–H groups in total. The third-order valence-corrected chi connectivity index (χ3v) is 2.33. The molecule has 0 saturated carbocycles. The highest BCUT2D eigenvalue weighted by atomic mass is 35.5. The third-order valence-electron chi connectivity index (χ3n) is 2.03. The molecule has 0 bridgehead atoms. The molecular formula is C11H12ClNO3. The first-order valence-corrected chi connectivity index (χ1v) is 5.10. The van der Waals surface area contributed by atoms with E-state index in [4.69, 9.17) is 16.3 Å². The number of halogens is 1. The van der Waals surface area contributed by atoms with Gasteiger partial charge in [0.05, 0.1) is 10.6 Å². The van der Waals surface area contributed by atoms with Crippen LogP contribution in [0.1, 0.15) is 17.3 Å². The minimum atomic E-state index is -0.705. The molecular weight excluding hydrogens is 230 g/mol. The quantitative estimate of drug-likeness (QED) is 0.816. The zero-order valence-electron chi connectivity index (χ0n) is 8.99. The lowest BCUT2D eigenvalue weighted by Gasteiger charge is -2.15. The van der Waals surface area contributed by atoms with E-state index in [-0.39, 0.29) is 11.7 Å². The first-order chi connectivity index (χ1) is 7.60. The molecule has 16 heavy (non-hydrogen) atoms. The van der Waals surface area contributed by atoms with Crippen LogP contribution in [0.4, 0.5) is 0 Å². The second-order valence-corrected chi connectivity index (χ2v) is 3.56. The smallest absolute Gasteiger partial charge is 0.260 e. The van der Waals surface area contributed by atoms with E-state index in [0.717, 1.165) is 0 Å². The van der Waals surface area contributed by atoms with Crippen molar-refractivity contribution >= 4 is 23.8 Å². The van der Waals surface area contributed by atoms with Gasteiger partial charge in [-0.2, -0.15) is 0 Å².